The van der Waals surface area contributed by atoms with Crippen molar-refractivity contribution in [3.8, 4) is 5.75 Å². The number of fused-ring (bicyclic) bond motifs is 1. The van der Waals surface area contributed by atoms with Gasteiger partial charge in [0.05, 0.1) is 18.5 Å². The van der Waals surface area contributed by atoms with Gasteiger partial charge in [-0.15, -0.1) is 0 Å². The van der Waals surface area contributed by atoms with Gasteiger partial charge in [0.1, 0.15) is 11.8 Å². The highest BCUT2D eigenvalue weighted by Crippen LogP contribution is 2.32. The molecule has 1 aromatic heterocycles. The Morgan fingerprint density at radius 1 is 1.23 bits per heavy atom. The van der Waals surface area contributed by atoms with Gasteiger partial charge in [0, 0.05) is 44.0 Å². The average Bonchev–Trinajstić information content (AvgIpc) is 3.31. The number of aldehydes is 1. The molecule has 30 heavy (non-hydrogen) atoms. The van der Waals surface area contributed by atoms with E-state index in [1.165, 1.54) is 38.3 Å². The van der Waals surface area contributed by atoms with Gasteiger partial charge in [0.25, 0.3) is 0 Å². The molecule has 6 nitrogen and oxygen atoms in total. The number of nitrogens with zero attached hydrogens (tertiary/aromatic N) is 4. The third-order valence-corrected chi connectivity index (χ3v) is 6.19. The lowest BCUT2D eigenvalue weighted by Gasteiger charge is -2.22. The van der Waals surface area contributed by atoms with Gasteiger partial charge >= 0.3 is 0 Å². The van der Waals surface area contributed by atoms with E-state index in [4.69, 9.17) is 4.74 Å². The number of anilines is 1. The SMILES string of the molecule is COc1ccc(/C(=C/C=O)N=c2ccc(N3CC4[C@H](CCN4C)C3)cn2C)cc1F. The lowest BCUT2D eigenvalue weighted by molar-refractivity contribution is -0.104. The van der Waals surface area contributed by atoms with E-state index in [1.54, 1.807) is 6.07 Å². The minimum absolute atomic E-state index is 0.153. The predicted molar refractivity (Wildman–Crippen MR) is 115 cm³/mol. The van der Waals surface area contributed by atoms with Crippen molar-refractivity contribution < 1.29 is 13.9 Å². The third kappa shape index (κ3) is 3.89. The molecule has 2 fully saturated rings. The summed E-state index contributed by atoms with van der Waals surface area (Å²) in [7, 11) is 5.55. The maximum atomic E-state index is 14.1. The second-order valence-corrected chi connectivity index (χ2v) is 8.01. The molecule has 3 heterocycles. The zero-order chi connectivity index (χ0) is 21.3. The summed E-state index contributed by atoms with van der Waals surface area (Å²) in [5, 5.41) is 0. The first-order valence-corrected chi connectivity index (χ1v) is 10.2. The summed E-state index contributed by atoms with van der Waals surface area (Å²) < 4.78 is 21.0. The van der Waals surface area contributed by atoms with Crippen molar-refractivity contribution in [2.45, 2.75) is 12.5 Å². The third-order valence-electron chi connectivity index (χ3n) is 6.19. The first kappa shape index (κ1) is 20.3. The van der Waals surface area contributed by atoms with Crippen molar-refractivity contribution in [1.82, 2.24) is 9.47 Å². The smallest absolute Gasteiger partial charge is 0.165 e. The summed E-state index contributed by atoms with van der Waals surface area (Å²) in [6, 6.07) is 9.17. The van der Waals surface area contributed by atoms with E-state index >= 15 is 0 Å². The van der Waals surface area contributed by atoms with E-state index in [0.717, 1.165) is 24.7 Å². The second-order valence-electron chi connectivity index (χ2n) is 8.01. The van der Waals surface area contributed by atoms with E-state index in [0.29, 0.717) is 29.1 Å². The Bertz CT molecular complexity index is 1050. The number of benzene rings is 1. The van der Waals surface area contributed by atoms with Crippen LogP contribution < -0.4 is 15.1 Å². The maximum Gasteiger partial charge on any atom is 0.165 e. The van der Waals surface area contributed by atoms with Crippen molar-refractivity contribution in [3.05, 3.63) is 59.5 Å². The highest BCUT2D eigenvalue weighted by atomic mass is 19.1. The van der Waals surface area contributed by atoms with E-state index in [1.807, 2.05) is 17.7 Å². The molecule has 0 saturated carbocycles. The Kier molecular flexibility index (Phi) is 5.72. The van der Waals surface area contributed by atoms with Crippen LogP contribution in [0.3, 0.4) is 0 Å². The highest BCUT2D eigenvalue weighted by Gasteiger charge is 2.39. The average molecular weight is 410 g/mol. The van der Waals surface area contributed by atoms with Crippen LogP contribution in [0.5, 0.6) is 5.75 Å². The number of ether oxygens (including phenoxy) is 1. The summed E-state index contributed by atoms with van der Waals surface area (Å²) in [5.41, 5.74) is 2.75. The van der Waals surface area contributed by atoms with Gasteiger partial charge in [-0.1, -0.05) is 0 Å². The summed E-state index contributed by atoms with van der Waals surface area (Å²) >= 11 is 0. The number of halogens is 1. The fourth-order valence-electron chi connectivity index (χ4n) is 4.48. The summed E-state index contributed by atoms with van der Waals surface area (Å²) in [6.45, 7) is 3.30. The zero-order valence-electron chi connectivity index (χ0n) is 17.6. The Hall–Kier alpha value is -2.93. The molecule has 2 aromatic rings. The first-order chi connectivity index (χ1) is 14.5. The van der Waals surface area contributed by atoms with Crippen LogP contribution in [-0.4, -0.2) is 55.6 Å². The van der Waals surface area contributed by atoms with E-state index in [-0.39, 0.29) is 5.75 Å². The van der Waals surface area contributed by atoms with Crippen molar-refractivity contribution in [1.29, 1.82) is 0 Å². The lowest BCUT2D eigenvalue weighted by Crippen LogP contribution is -2.32. The molecule has 4 rings (SSSR count). The topological polar surface area (TPSA) is 50.1 Å². The minimum atomic E-state index is -0.494. The molecule has 0 aliphatic carbocycles. The summed E-state index contributed by atoms with van der Waals surface area (Å²) in [5.74, 6) is 0.392. The van der Waals surface area contributed by atoms with Crippen LogP contribution in [0.1, 0.15) is 12.0 Å². The van der Waals surface area contributed by atoms with E-state index in [2.05, 4.69) is 34.1 Å². The van der Waals surface area contributed by atoms with Crippen LogP contribution in [0.15, 0.2) is 47.6 Å². The van der Waals surface area contributed by atoms with Crippen LogP contribution in [0.25, 0.3) is 5.70 Å². The molecule has 1 aromatic carbocycles. The van der Waals surface area contributed by atoms with Crippen LogP contribution in [0, 0.1) is 11.7 Å². The Morgan fingerprint density at radius 2 is 2.07 bits per heavy atom. The molecular formula is C23H27FN4O2. The molecule has 0 bridgehead atoms. The van der Waals surface area contributed by atoms with Crippen molar-refractivity contribution >= 4 is 17.7 Å². The number of rotatable bonds is 5. The van der Waals surface area contributed by atoms with Crippen LogP contribution in [0.2, 0.25) is 0 Å². The summed E-state index contributed by atoms with van der Waals surface area (Å²) in [4.78, 5) is 20.6. The van der Waals surface area contributed by atoms with E-state index < -0.39 is 5.82 Å². The second kappa shape index (κ2) is 8.44. The fraction of sp³-hybridized carbons (Fsp3) is 0.391. The van der Waals surface area contributed by atoms with Gasteiger partial charge in [0.2, 0.25) is 0 Å². The summed E-state index contributed by atoms with van der Waals surface area (Å²) in [6.07, 6.45) is 5.32. The molecule has 2 aliphatic rings. The Labute approximate surface area is 175 Å². The molecule has 0 N–H and O–H groups in total. The van der Waals surface area contributed by atoms with Crippen molar-refractivity contribution in [2.75, 3.05) is 38.7 Å². The molecule has 0 spiro atoms. The van der Waals surface area contributed by atoms with Crippen LogP contribution in [0.4, 0.5) is 10.1 Å². The van der Waals surface area contributed by atoms with Gasteiger partial charge in [0.15, 0.2) is 11.6 Å². The number of aromatic nitrogens is 1. The number of pyridine rings is 1. The quantitative estimate of drug-likeness (QED) is 0.561. The Morgan fingerprint density at radius 3 is 2.73 bits per heavy atom. The number of likely N-dealkylation sites (N-methyl/N-ethyl adjacent to an activating group) is 1. The monoisotopic (exact) mass is 410 g/mol. The van der Waals surface area contributed by atoms with Gasteiger partial charge < -0.3 is 19.1 Å². The maximum absolute atomic E-state index is 14.1. The molecule has 0 amide bonds. The van der Waals surface area contributed by atoms with Gasteiger partial charge in [-0.2, -0.15) is 0 Å². The molecule has 7 heteroatoms. The van der Waals surface area contributed by atoms with Gasteiger partial charge in [-0.05, 0) is 56.3 Å². The molecule has 2 aliphatic heterocycles. The zero-order valence-corrected chi connectivity index (χ0v) is 17.6. The standard InChI is InChI=1S/C23H27FN4O2/c1-26-10-8-17-13-28(15-21(17)26)18-5-7-23(27(2)14-18)25-20(9-11-29)16-4-6-22(30-3)19(24)12-16/h4-7,9,11-12,14,17,21H,8,10,13,15H2,1-3H3/b20-9-,25-23?/t17-,21?/m1/s1. The number of hydrogen-bond donors (Lipinski definition) is 0. The van der Waals surface area contributed by atoms with Crippen molar-refractivity contribution in [2.24, 2.45) is 18.0 Å². The number of allylic oxidation sites excluding steroid dienone is 1. The number of hydrogen-bond acceptors (Lipinski definition) is 5. The van der Waals surface area contributed by atoms with E-state index in [9.17, 15) is 9.18 Å². The molecular weight excluding hydrogens is 383 g/mol. The minimum Gasteiger partial charge on any atom is -0.494 e. The number of aryl methyl sites for hydroxylation is 1. The number of carbonyl (C=O) groups excluding carboxylic acids is 1. The van der Waals surface area contributed by atoms with Gasteiger partial charge in [-0.3, -0.25) is 4.79 Å². The number of methoxy groups -OCH3 is 1. The van der Waals surface area contributed by atoms with Gasteiger partial charge in [-0.25, -0.2) is 9.38 Å². The van der Waals surface area contributed by atoms with Crippen molar-refractivity contribution in [3.63, 3.8) is 0 Å². The number of carbonyl (C=O) groups is 1. The normalized spacial score (nSPS) is 22.5. The molecule has 2 saturated heterocycles. The predicted octanol–water partition coefficient (Wildman–Crippen LogP) is 2.45. The molecule has 0 radical (unpaired) electrons. The number of likely N-dealkylation sites (tertiary alicyclic amines) is 1. The van der Waals surface area contributed by atoms with Crippen LogP contribution >= 0.6 is 0 Å². The fourth-order valence-corrected chi connectivity index (χ4v) is 4.48. The molecule has 1 unspecified atom stereocenters. The van der Waals surface area contributed by atoms with Crippen LogP contribution in [-0.2, 0) is 11.8 Å². The molecule has 158 valence electrons. The first-order valence-electron chi connectivity index (χ1n) is 10.2. The Balaban J connectivity index is 1.62. The largest absolute Gasteiger partial charge is 0.494 e. The molecule has 2 atom stereocenters. The highest BCUT2D eigenvalue weighted by molar-refractivity contribution is 5.81. The lowest BCUT2D eigenvalue weighted by atomic mass is 10.1.